The summed E-state index contributed by atoms with van der Waals surface area (Å²) in [5, 5.41) is 12.6. The van der Waals surface area contributed by atoms with Gasteiger partial charge < -0.3 is 19.7 Å². The summed E-state index contributed by atoms with van der Waals surface area (Å²) in [6, 6.07) is 8.95. The first kappa shape index (κ1) is 15.9. The van der Waals surface area contributed by atoms with Crippen molar-refractivity contribution in [2.45, 2.75) is 13.5 Å². The Morgan fingerprint density at radius 1 is 1.33 bits per heavy atom. The van der Waals surface area contributed by atoms with Crippen LogP contribution in [0.1, 0.15) is 21.6 Å². The SMILES string of the molecule is Cc1cc(C(=O)NCc2cn3cccc(O)c3n2)ccc1N(C)C. The van der Waals surface area contributed by atoms with Crippen LogP contribution < -0.4 is 10.2 Å². The van der Waals surface area contributed by atoms with E-state index in [0.717, 1.165) is 11.3 Å². The fourth-order valence-corrected chi connectivity index (χ4v) is 2.71. The molecule has 0 saturated carbocycles. The Morgan fingerprint density at radius 3 is 2.79 bits per heavy atom. The zero-order chi connectivity index (χ0) is 17.3. The largest absolute Gasteiger partial charge is 0.504 e. The predicted octanol–water partition coefficient (Wildman–Crippen LogP) is 2.34. The van der Waals surface area contributed by atoms with Gasteiger partial charge in [0.2, 0.25) is 0 Å². The Hall–Kier alpha value is -3.02. The summed E-state index contributed by atoms with van der Waals surface area (Å²) in [7, 11) is 3.95. The van der Waals surface area contributed by atoms with Gasteiger partial charge in [-0.2, -0.15) is 0 Å². The molecule has 6 heteroatoms. The highest BCUT2D eigenvalue weighted by atomic mass is 16.3. The van der Waals surface area contributed by atoms with E-state index in [9.17, 15) is 9.90 Å². The molecule has 0 aliphatic heterocycles. The first-order valence-corrected chi connectivity index (χ1v) is 7.67. The van der Waals surface area contributed by atoms with Crippen molar-refractivity contribution in [2.24, 2.45) is 0 Å². The third-order valence-electron chi connectivity index (χ3n) is 3.88. The number of fused-ring (bicyclic) bond motifs is 1. The Morgan fingerprint density at radius 2 is 2.12 bits per heavy atom. The molecule has 6 nitrogen and oxygen atoms in total. The van der Waals surface area contributed by atoms with Gasteiger partial charge in [-0.25, -0.2) is 4.98 Å². The first-order valence-electron chi connectivity index (χ1n) is 7.67. The van der Waals surface area contributed by atoms with Crippen LogP contribution in [0.4, 0.5) is 5.69 Å². The zero-order valence-corrected chi connectivity index (χ0v) is 13.9. The molecule has 0 aliphatic rings. The molecule has 0 radical (unpaired) electrons. The van der Waals surface area contributed by atoms with Crippen LogP contribution in [0.25, 0.3) is 5.65 Å². The summed E-state index contributed by atoms with van der Waals surface area (Å²) in [5.74, 6) is -0.0327. The van der Waals surface area contributed by atoms with E-state index in [-0.39, 0.29) is 11.7 Å². The second-order valence-electron chi connectivity index (χ2n) is 5.93. The fourth-order valence-electron chi connectivity index (χ4n) is 2.71. The molecule has 0 saturated heterocycles. The van der Waals surface area contributed by atoms with Gasteiger partial charge in [0.25, 0.3) is 5.91 Å². The van der Waals surface area contributed by atoms with E-state index >= 15 is 0 Å². The molecule has 0 aliphatic carbocycles. The second-order valence-corrected chi connectivity index (χ2v) is 5.93. The summed E-state index contributed by atoms with van der Waals surface area (Å²) in [6.07, 6.45) is 3.59. The maximum Gasteiger partial charge on any atom is 0.251 e. The summed E-state index contributed by atoms with van der Waals surface area (Å²) in [4.78, 5) is 18.7. The Balaban J connectivity index is 1.72. The summed E-state index contributed by atoms with van der Waals surface area (Å²) < 4.78 is 1.73. The Labute approximate surface area is 140 Å². The minimum absolute atomic E-state index is 0.116. The molecule has 1 amide bonds. The molecule has 0 bridgehead atoms. The lowest BCUT2D eigenvalue weighted by Gasteiger charge is -2.16. The van der Waals surface area contributed by atoms with Crippen LogP contribution in [-0.4, -0.2) is 34.5 Å². The number of benzene rings is 1. The topological polar surface area (TPSA) is 69.9 Å². The number of aromatic nitrogens is 2. The maximum atomic E-state index is 12.3. The first-order chi connectivity index (χ1) is 11.5. The molecule has 3 aromatic rings. The van der Waals surface area contributed by atoms with E-state index < -0.39 is 0 Å². The molecule has 24 heavy (non-hydrogen) atoms. The van der Waals surface area contributed by atoms with Crippen LogP contribution in [0.2, 0.25) is 0 Å². The van der Waals surface area contributed by atoms with Crippen molar-refractivity contribution in [3.05, 3.63) is 59.5 Å². The lowest BCUT2D eigenvalue weighted by molar-refractivity contribution is 0.0950. The second kappa shape index (κ2) is 6.23. The van der Waals surface area contributed by atoms with E-state index in [4.69, 9.17) is 0 Å². The van der Waals surface area contributed by atoms with Crippen molar-refractivity contribution in [3.63, 3.8) is 0 Å². The van der Waals surface area contributed by atoms with Crippen LogP contribution in [0.5, 0.6) is 5.75 Å². The third-order valence-corrected chi connectivity index (χ3v) is 3.88. The third kappa shape index (κ3) is 3.03. The van der Waals surface area contributed by atoms with Crippen LogP contribution in [0.3, 0.4) is 0 Å². The number of nitrogens with one attached hydrogen (secondary N) is 1. The van der Waals surface area contributed by atoms with Gasteiger partial charge in [-0.15, -0.1) is 0 Å². The number of pyridine rings is 1. The highest BCUT2D eigenvalue weighted by Crippen LogP contribution is 2.19. The van der Waals surface area contributed by atoms with Crippen molar-refractivity contribution < 1.29 is 9.90 Å². The quantitative estimate of drug-likeness (QED) is 0.773. The van der Waals surface area contributed by atoms with E-state index in [2.05, 4.69) is 10.3 Å². The summed E-state index contributed by atoms with van der Waals surface area (Å²) >= 11 is 0. The number of imidazole rings is 1. The molecule has 2 aromatic heterocycles. The van der Waals surface area contributed by atoms with E-state index in [1.807, 2.05) is 44.1 Å². The number of hydrogen-bond acceptors (Lipinski definition) is 4. The number of aromatic hydroxyl groups is 1. The van der Waals surface area contributed by atoms with Crippen molar-refractivity contribution in [1.82, 2.24) is 14.7 Å². The molecular weight excluding hydrogens is 304 g/mol. The number of rotatable bonds is 4. The van der Waals surface area contributed by atoms with Gasteiger partial charge >= 0.3 is 0 Å². The number of carbonyl (C=O) groups is 1. The average Bonchev–Trinajstić information content (AvgIpc) is 2.96. The van der Waals surface area contributed by atoms with Crippen molar-refractivity contribution in [2.75, 3.05) is 19.0 Å². The molecule has 0 unspecified atom stereocenters. The van der Waals surface area contributed by atoms with Gasteiger partial charge in [-0.05, 0) is 42.8 Å². The van der Waals surface area contributed by atoms with E-state index in [1.54, 1.807) is 28.9 Å². The molecule has 124 valence electrons. The zero-order valence-electron chi connectivity index (χ0n) is 13.9. The summed E-state index contributed by atoms with van der Waals surface area (Å²) in [5.41, 5.74) is 3.91. The van der Waals surface area contributed by atoms with Gasteiger partial charge in [0.05, 0.1) is 12.2 Å². The summed E-state index contributed by atoms with van der Waals surface area (Å²) in [6.45, 7) is 2.28. The highest BCUT2D eigenvalue weighted by molar-refractivity contribution is 5.94. The number of hydrogen-bond donors (Lipinski definition) is 2. The minimum atomic E-state index is -0.148. The van der Waals surface area contributed by atoms with Gasteiger partial charge in [-0.1, -0.05) is 0 Å². The number of nitrogens with zero attached hydrogens (tertiary/aromatic N) is 3. The van der Waals surface area contributed by atoms with E-state index in [0.29, 0.717) is 23.4 Å². The molecule has 2 heterocycles. The van der Waals surface area contributed by atoms with Gasteiger partial charge in [0.15, 0.2) is 11.4 Å². The number of amides is 1. The van der Waals surface area contributed by atoms with Crippen LogP contribution in [0.15, 0.2) is 42.7 Å². The van der Waals surface area contributed by atoms with Gasteiger partial charge in [0, 0.05) is 37.7 Å². The standard InChI is InChI=1S/C18H20N4O2/c1-12-9-13(6-7-15(12)21(2)3)18(24)19-10-14-11-22-8-4-5-16(23)17(22)20-14/h4-9,11,23H,10H2,1-3H3,(H,19,24). The molecule has 0 fully saturated rings. The number of anilines is 1. The highest BCUT2D eigenvalue weighted by Gasteiger charge is 2.10. The Bertz CT molecular complexity index is 899. The smallest absolute Gasteiger partial charge is 0.251 e. The molecule has 0 spiro atoms. The molecular formula is C18H20N4O2. The van der Waals surface area contributed by atoms with Crippen molar-refractivity contribution in [3.8, 4) is 5.75 Å². The molecule has 3 rings (SSSR count). The number of carbonyl (C=O) groups excluding carboxylic acids is 1. The normalized spacial score (nSPS) is 10.8. The number of aryl methyl sites for hydroxylation is 1. The maximum absolute atomic E-state index is 12.3. The predicted molar refractivity (Wildman–Crippen MR) is 93.5 cm³/mol. The van der Waals surface area contributed by atoms with Crippen molar-refractivity contribution in [1.29, 1.82) is 0 Å². The van der Waals surface area contributed by atoms with Crippen LogP contribution >= 0.6 is 0 Å². The molecule has 1 aromatic carbocycles. The Kier molecular flexibility index (Phi) is 4.12. The molecule has 0 atom stereocenters. The monoisotopic (exact) mass is 324 g/mol. The minimum Gasteiger partial charge on any atom is -0.504 e. The lowest BCUT2D eigenvalue weighted by Crippen LogP contribution is -2.23. The molecule has 2 N–H and O–H groups in total. The van der Waals surface area contributed by atoms with Crippen LogP contribution in [0, 0.1) is 6.92 Å². The average molecular weight is 324 g/mol. The van der Waals surface area contributed by atoms with Crippen LogP contribution in [-0.2, 0) is 6.54 Å². The van der Waals surface area contributed by atoms with Gasteiger partial charge in [-0.3, -0.25) is 4.79 Å². The van der Waals surface area contributed by atoms with E-state index in [1.165, 1.54) is 0 Å². The van der Waals surface area contributed by atoms with Crippen molar-refractivity contribution >= 4 is 17.2 Å². The lowest BCUT2D eigenvalue weighted by atomic mass is 10.1. The van der Waals surface area contributed by atoms with Gasteiger partial charge in [0.1, 0.15) is 0 Å². The fraction of sp³-hybridized carbons (Fsp3) is 0.222.